The van der Waals surface area contributed by atoms with Crippen LogP contribution in [0, 0.1) is 0 Å². The summed E-state index contributed by atoms with van der Waals surface area (Å²) in [6.45, 7) is -2.64. The van der Waals surface area contributed by atoms with Gasteiger partial charge < -0.3 is 9.47 Å². The Morgan fingerprint density at radius 2 is 1.96 bits per heavy atom. The van der Waals surface area contributed by atoms with Gasteiger partial charge in [0.1, 0.15) is 0 Å². The summed E-state index contributed by atoms with van der Waals surface area (Å²) in [4.78, 5) is 1.38. The molecule has 0 saturated heterocycles. The molecular weight excluding hydrogens is 354 g/mol. The predicted octanol–water partition coefficient (Wildman–Crippen LogP) is 3.65. The van der Waals surface area contributed by atoms with Gasteiger partial charge in [0.05, 0.1) is 18.7 Å². The van der Waals surface area contributed by atoms with Crippen molar-refractivity contribution >= 4 is 11.6 Å². The highest BCUT2D eigenvalue weighted by Crippen LogP contribution is 2.30. The highest BCUT2D eigenvalue weighted by Gasteiger charge is 2.13. The SMILES string of the molecule is COc1cc(Cn2nnc(-c3ccccc3Cl)n2)ccc1OC(F)F. The smallest absolute Gasteiger partial charge is 0.387 e. The monoisotopic (exact) mass is 366 g/mol. The molecule has 6 nitrogen and oxygen atoms in total. The molecule has 0 unspecified atom stereocenters. The molecule has 3 aromatic rings. The van der Waals surface area contributed by atoms with Crippen molar-refractivity contribution in [2.24, 2.45) is 0 Å². The van der Waals surface area contributed by atoms with Crippen LogP contribution in [0.2, 0.25) is 5.02 Å². The third-order valence-electron chi connectivity index (χ3n) is 3.34. The van der Waals surface area contributed by atoms with E-state index in [-0.39, 0.29) is 18.0 Å². The Kier molecular flexibility index (Phi) is 5.08. The van der Waals surface area contributed by atoms with Crippen molar-refractivity contribution in [3.05, 3.63) is 53.1 Å². The molecule has 1 aromatic heterocycles. The van der Waals surface area contributed by atoms with Crippen LogP contribution >= 0.6 is 11.6 Å². The van der Waals surface area contributed by atoms with Crippen LogP contribution in [-0.2, 0) is 6.54 Å². The van der Waals surface area contributed by atoms with Gasteiger partial charge in [0.2, 0.25) is 5.82 Å². The molecule has 0 saturated carbocycles. The third-order valence-corrected chi connectivity index (χ3v) is 3.67. The van der Waals surface area contributed by atoms with Gasteiger partial charge >= 0.3 is 6.61 Å². The van der Waals surface area contributed by atoms with E-state index in [4.69, 9.17) is 16.3 Å². The summed E-state index contributed by atoms with van der Waals surface area (Å²) in [6, 6.07) is 11.8. The highest BCUT2D eigenvalue weighted by atomic mass is 35.5. The van der Waals surface area contributed by atoms with Gasteiger partial charge in [0.15, 0.2) is 11.5 Å². The molecule has 0 fully saturated rings. The molecule has 0 aliphatic carbocycles. The maximum absolute atomic E-state index is 12.4. The first-order valence-corrected chi connectivity index (χ1v) is 7.59. The lowest BCUT2D eigenvalue weighted by molar-refractivity contribution is -0.0512. The van der Waals surface area contributed by atoms with Crippen LogP contribution in [0.1, 0.15) is 5.56 Å². The molecular formula is C16H13ClF2N4O2. The van der Waals surface area contributed by atoms with Crippen molar-refractivity contribution in [1.82, 2.24) is 20.2 Å². The molecule has 0 spiro atoms. The predicted molar refractivity (Wildman–Crippen MR) is 87.0 cm³/mol. The van der Waals surface area contributed by atoms with Crippen molar-refractivity contribution in [2.75, 3.05) is 7.11 Å². The average molecular weight is 367 g/mol. The van der Waals surface area contributed by atoms with E-state index < -0.39 is 6.61 Å². The van der Waals surface area contributed by atoms with E-state index in [2.05, 4.69) is 20.1 Å². The van der Waals surface area contributed by atoms with Crippen LogP contribution in [0.3, 0.4) is 0 Å². The zero-order valence-corrected chi connectivity index (χ0v) is 13.8. The molecule has 0 atom stereocenters. The molecule has 25 heavy (non-hydrogen) atoms. The second-order valence-corrected chi connectivity index (χ2v) is 5.39. The minimum Gasteiger partial charge on any atom is -0.493 e. The van der Waals surface area contributed by atoms with Crippen molar-refractivity contribution in [2.45, 2.75) is 13.2 Å². The van der Waals surface area contributed by atoms with E-state index in [1.54, 1.807) is 24.3 Å². The van der Waals surface area contributed by atoms with Crippen LogP contribution in [0.25, 0.3) is 11.4 Å². The van der Waals surface area contributed by atoms with Crippen LogP contribution in [0.4, 0.5) is 8.78 Å². The second kappa shape index (κ2) is 7.43. The van der Waals surface area contributed by atoms with E-state index in [1.807, 2.05) is 12.1 Å². The number of rotatable bonds is 6. The standard InChI is InChI=1S/C16H13ClF2N4O2/c1-24-14-8-10(6-7-13(14)25-16(18)19)9-23-21-15(20-22-23)11-4-2-3-5-12(11)17/h2-8,16H,9H2,1H3. The normalized spacial score (nSPS) is 10.9. The van der Waals surface area contributed by atoms with Crippen LogP contribution in [0.5, 0.6) is 11.5 Å². The molecule has 0 radical (unpaired) electrons. The molecule has 9 heteroatoms. The van der Waals surface area contributed by atoms with Crippen LogP contribution in [0.15, 0.2) is 42.5 Å². The fourth-order valence-electron chi connectivity index (χ4n) is 2.23. The van der Waals surface area contributed by atoms with Crippen molar-refractivity contribution in [3.8, 4) is 22.9 Å². The number of nitrogens with zero attached hydrogens (tertiary/aromatic N) is 4. The maximum Gasteiger partial charge on any atom is 0.387 e. The molecule has 0 aliphatic rings. The zero-order chi connectivity index (χ0) is 17.8. The molecule has 3 rings (SSSR count). The van der Waals surface area contributed by atoms with E-state index in [0.29, 0.717) is 16.4 Å². The van der Waals surface area contributed by atoms with E-state index >= 15 is 0 Å². The van der Waals surface area contributed by atoms with Gasteiger partial charge in [-0.2, -0.15) is 13.6 Å². The summed E-state index contributed by atoms with van der Waals surface area (Å²) in [7, 11) is 1.38. The van der Waals surface area contributed by atoms with E-state index in [9.17, 15) is 8.78 Å². The Labute approximate surface area is 146 Å². The van der Waals surface area contributed by atoms with Gasteiger partial charge in [-0.1, -0.05) is 29.8 Å². The van der Waals surface area contributed by atoms with Gasteiger partial charge in [-0.15, -0.1) is 10.2 Å². The van der Waals surface area contributed by atoms with Crippen LogP contribution in [-0.4, -0.2) is 33.9 Å². The zero-order valence-electron chi connectivity index (χ0n) is 13.1. The summed E-state index contributed by atoms with van der Waals surface area (Å²) in [5, 5.41) is 12.8. The number of tetrazole rings is 1. The molecule has 0 bridgehead atoms. The number of hydrogen-bond donors (Lipinski definition) is 0. The summed E-state index contributed by atoms with van der Waals surface area (Å²) in [6.07, 6.45) is 0. The van der Waals surface area contributed by atoms with Gasteiger partial charge in [0, 0.05) is 5.56 Å². The van der Waals surface area contributed by atoms with Gasteiger partial charge in [-0.3, -0.25) is 0 Å². The Morgan fingerprint density at radius 3 is 2.68 bits per heavy atom. The number of benzene rings is 2. The van der Waals surface area contributed by atoms with E-state index in [1.165, 1.54) is 18.0 Å². The lowest BCUT2D eigenvalue weighted by atomic mass is 10.2. The maximum atomic E-state index is 12.4. The third kappa shape index (κ3) is 4.03. The molecule has 0 aliphatic heterocycles. The quantitative estimate of drug-likeness (QED) is 0.666. The molecule has 2 aromatic carbocycles. The number of alkyl halides is 2. The van der Waals surface area contributed by atoms with Gasteiger partial charge in [-0.05, 0) is 35.0 Å². The summed E-state index contributed by atoms with van der Waals surface area (Å²) in [5.41, 5.74) is 1.41. The number of hydrogen-bond acceptors (Lipinski definition) is 5. The Balaban J connectivity index is 1.80. The summed E-state index contributed by atoms with van der Waals surface area (Å²) in [5.74, 6) is 0.559. The van der Waals surface area contributed by atoms with Gasteiger partial charge in [-0.25, -0.2) is 0 Å². The van der Waals surface area contributed by atoms with Crippen LogP contribution < -0.4 is 9.47 Å². The minimum atomic E-state index is -2.92. The first-order chi connectivity index (χ1) is 12.1. The Bertz CT molecular complexity index is 873. The second-order valence-electron chi connectivity index (χ2n) is 4.99. The van der Waals surface area contributed by atoms with Crippen molar-refractivity contribution in [3.63, 3.8) is 0 Å². The first kappa shape index (κ1) is 17.1. The summed E-state index contributed by atoms with van der Waals surface area (Å²) >= 11 is 6.12. The fourth-order valence-corrected chi connectivity index (χ4v) is 2.45. The molecule has 1 heterocycles. The Morgan fingerprint density at radius 1 is 1.16 bits per heavy atom. The number of halogens is 3. The topological polar surface area (TPSA) is 62.1 Å². The summed E-state index contributed by atoms with van der Waals surface area (Å²) < 4.78 is 34.2. The van der Waals surface area contributed by atoms with Crippen molar-refractivity contribution < 1.29 is 18.3 Å². The average Bonchev–Trinajstić information content (AvgIpc) is 3.04. The minimum absolute atomic E-state index is 0.0374. The molecule has 130 valence electrons. The molecule has 0 amide bonds. The highest BCUT2D eigenvalue weighted by molar-refractivity contribution is 6.33. The fraction of sp³-hybridized carbons (Fsp3) is 0.188. The lowest BCUT2D eigenvalue weighted by Gasteiger charge is -2.11. The molecule has 0 N–H and O–H groups in total. The number of ether oxygens (including phenoxy) is 2. The van der Waals surface area contributed by atoms with E-state index in [0.717, 1.165) is 5.56 Å². The number of methoxy groups -OCH3 is 1. The van der Waals surface area contributed by atoms with Gasteiger partial charge in [0.25, 0.3) is 0 Å². The largest absolute Gasteiger partial charge is 0.493 e. The number of aromatic nitrogens is 4. The van der Waals surface area contributed by atoms with Crippen molar-refractivity contribution in [1.29, 1.82) is 0 Å². The lowest BCUT2D eigenvalue weighted by Crippen LogP contribution is -2.06. The first-order valence-electron chi connectivity index (χ1n) is 7.21. The Hall–Kier alpha value is -2.74.